The second-order valence-electron chi connectivity index (χ2n) is 15.3. The van der Waals surface area contributed by atoms with Gasteiger partial charge in [0.1, 0.15) is 0 Å². The zero-order valence-corrected chi connectivity index (χ0v) is 33.4. The van der Waals surface area contributed by atoms with Crippen molar-refractivity contribution >= 4 is 39.6 Å². The maximum Gasteiger partial charge on any atom is 0.167 e. The lowest BCUT2D eigenvalue weighted by molar-refractivity contribution is 0.587. The fraction of sp³-hybridized carbons (Fsp3) is 0.0370. The molecule has 4 nitrogen and oxygen atoms in total. The first kappa shape index (κ1) is 35.1. The van der Waals surface area contributed by atoms with Gasteiger partial charge < -0.3 is 9.13 Å². The monoisotopic (exact) mass is 775 g/mol. The summed E-state index contributed by atoms with van der Waals surface area (Å²) in [6.45, 7) is 6.18. The van der Waals surface area contributed by atoms with E-state index in [-0.39, 0.29) is 0 Å². The molecule has 5 heteroatoms. The van der Waals surface area contributed by atoms with Crippen molar-refractivity contribution in [2.75, 3.05) is 0 Å². The summed E-state index contributed by atoms with van der Waals surface area (Å²) in [5.41, 5.74) is 11.3. The highest BCUT2D eigenvalue weighted by Crippen LogP contribution is 2.66. The molecule has 0 N–H and O–H groups in total. The Hall–Kier alpha value is -7.13. The fourth-order valence-electron chi connectivity index (χ4n) is 9.77. The molecule has 2 atom stereocenters. The van der Waals surface area contributed by atoms with Crippen LogP contribution in [-0.2, 0) is 9.98 Å². The molecule has 0 saturated heterocycles. The molecule has 280 valence electrons. The van der Waals surface area contributed by atoms with E-state index in [0.717, 1.165) is 83.0 Å². The number of fused-ring (bicyclic) bond motifs is 9. The summed E-state index contributed by atoms with van der Waals surface area (Å²) in [5, 5.41) is 4.81. The summed E-state index contributed by atoms with van der Waals surface area (Å²) in [6, 6.07) is 63.1. The van der Waals surface area contributed by atoms with Crippen LogP contribution in [0.3, 0.4) is 0 Å². The van der Waals surface area contributed by atoms with Gasteiger partial charge in [-0.1, -0.05) is 183 Å². The molecule has 2 aliphatic heterocycles. The van der Waals surface area contributed by atoms with Gasteiger partial charge in [-0.05, 0) is 58.8 Å². The number of aromatic nitrogens is 3. The second-order valence-corrected chi connectivity index (χ2v) is 18.2. The average molecular weight is 776 g/mol. The van der Waals surface area contributed by atoms with E-state index < -0.39 is 12.6 Å². The third-order valence-corrected chi connectivity index (χ3v) is 15.6. The minimum absolute atomic E-state index is 0.576. The molecule has 59 heavy (non-hydrogen) atoms. The summed E-state index contributed by atoms with van der Waals surface area (Å²) < 4.78 is 19.2. The molecule has 7 aromatic carbocycles. The van der Waals surface area contributed by atoms with Gasteiger partial charge in [0.2, 0.25) is 0 Å². The molecule has 0 saturated carbocycles. The second kappa shape index (κ2) is 13.5. The Morgan fingerprint density at radius 3 is 1.92 bits per heavy atom. The Morgan fingerprint density at radius 1 is 0.593 bits per heavy atom. The highest BCUT2D eigenvalue weighted by atomic mass is 31.2. The number of hydrogen-bond acceptors (Lipinski definition) is 3. The first-order valence-electron chi connectivity index (χ1n) is 20.0. The van der Waals surface area contributed by atoms with Gasteiger partial charge in [-0.25, -0.2) is 9.97 Å². The van der Waals surface area contributed by atoms with Crippen molar-refractivity contribution in [2.24, 2.45) is 0 Å². The molecule has 9 aromatic rings. The van der Waals surface area contributed by atoms with E-state index in [4.69, 9.17) is 9.97 Å². The maximum atomic E-state index is 16.7. The number of para-hydroxylation sites is 3. The van der Waals surface area contributed by atoms with Crippen LogP contribution >= 0.6 is 7.14 Å². The molecule has 0 aliphatic carbocycles. The number of hydrogen-bond donors (Lipinski definition) is 0. The molecule has 11 rings (SSSR count). The van der Waals surface area contributed by atoms with Crippen molar-refractivity contribution < 1.29 is 4.57 Å². The van der Waals surface area contributed by atoms with E-state index in [2.05, 4.69) is 139 Å². The van der Waals surface area contributed by atoms with Crippen molar-refractivity contribution in [3.63, 3.8) is 0 Å². The van der Waals surface area contributed by atoms with E-state index in [1.165, 1.54) is 10.8 Å². The van der Waals surface area contributed by atoms with Crippen LogP contribution in [0.25, 0.3) is 61.4 Å². The zero-order chi connectivity index (χ0) is 39.7. The van der Waals surface area contributed by atoms with Crippen molar-refractivity contribution in [3.8, 4) is 39.6 Å². The quantitative estimate of drug-likeness (QED) is 0.125. The van der Waals surface area contributed by atoms with Crippen LogP contribution in [0.2, 0.25) is 0 Å². The van der Waals surface area contributed by atoms with Gasteiger partial charge in [-0.2, -0.15) is 0 Å². The molecule has 0 radical (unpaired) electrons. The molecule has 1 spiro atoms. The van der Waals surface area contributed by atoms with Gasteiger partial charge in [0.15, 0.2) is 13.0 Å². The standard InChI is InChI=1S/C54H38N3OP/c1-3-4-27-43-36(2)59(58,40-23-12-7-13-24-40)51-34-39(53-55-47(37-19-8-5-9-20-37)35-48(56-53)38-21-10-6-11-22-38)32-33-45(51)54(43)44-28-15-17-31-50(44)57-49-30-16-14-25-41(49)42-26-18-29-46(54)52(42)57/h3-35H,1H2,2H3/b27-4-. The third-order valence-electron chi connectivity index (χ3n) is 12.3. The van der Waals surface area contributed by atoms with Gasteiger partial charge in [0, 0.05) is 38.1 Å². The van der Waals surface area contributed by atoms with Crippen molar-refractivity contribution in [1.29, 1.82) is 0 Å². The Kier molecular flexibility index (Phi) is 8.01. The van der Waals surface area contributed by atoms with Gasteiger partial charge in [0.05, 0.1) is 33.5 Å². The van der Waals surface area contributed by atoms with Crippen LogP contribution in [-0.4, -0.2) is 14.5 Å². The molecule has 0 bridgehead atoms. The van der Waals surface area contributed by atoms with Crippen LogP contribution in [0.4, 0.5) is 0 Å². The van der Waals surface area contributed by atoms with E-state index in [9.17, 15) is 0 Å². The highest BCUT2D eigenvalue weighted by Gasteiger charge is 2.54. The predicted octanol–water partition coefficient (Wildman–Crippen LogP) is 12.6. The largest absolute Gasteiger partial charge is 0.309 e. The number of benzene rings is 7. The van der Waals surface area contributed by atoms with Crippen LogP contribution in [0.5, 0.6) is 0 Å². The summed E-state index contributed by atoms with van der Waals surface area (Å²) in [7, 11) is -3.49. The lowest BCUT2D eigenvalue weighted by Gasteiger charge is -2.48. The Morgan fingerprint density at radius 2 is 1.20 bits per heavy atom. The predicted molar refractivity (Wildman–Crippen MR) is 244 cm³/mol. The van der Waals surface area contributed by atoms with Crippen LogP contribution in [0, 0.1) is 0 Å². The zero-order valence-electron chi connectivity index (χ0n) is 32.5. The molecule has 4 heterocycles. The summed E-state index contributed by atoms with van der Waals surface area (Å²) in [4.78, 5) is 10.5. The van der Waals surface area contributed by atoms with Crippen LogP contribution < -0.4 is 10.6 Å². The first-order chi connectivity index (χ1) is 29.0. The summed E-state index contributed by atoms with van der Waals surface area (Å²) >= 11 is 0. The van der Waals surface area contributed by atoms with Gasteiger partial charge in [-0.3, -0.25) is 0 Å². The number of nitrogens with zero attached hydrogens (tertiary/aromatic N) is 3. The van der Waals surface area contributed by atoms with E-state index in [1.54, 1.807) is 0 Å². The lowest BCUT2D eigenvalue weighted by atomic mass is 9.62. The van der Waals surface area contributed by atoms with E-state index in [1.807, 2.05) is 78.9 Å². The average Bonchev–Trinajstić information content (AvgIpc) is 3.65. The smallest absolute Gasteiger partial charge is 0.167 e. The fourth-order valence-corrected chi connectivity index (χ4v) is 12.9. The van der Waals surface area contributed by atoms with Crippen LogP contribution in [0.1, 0.15) is 23.6 Å². The molecule has 2 aliphatic rings. The summed E-state index contributed by atoms with van der Waals surface area (Å²) in [6.07, 6.45) is 5.96. The van der Waals surface area contributed by atoms with Gasteiger partial charge >= 0.3 is 0 Å². The minimum atomic E-state index is -3.49. The van der Waals surface area contributed by atoms with Gasteiger partial charge in [0.25, 0.3) is 0 Å². The first-order valence-corrected chi connectivity index (χ1v) is 21.7. The Balaban J connectivity index is 1.28. The number of rotatable bonds is 6. The molecule has 2 aromatic heterocycles. The SMILES string of the molecule is C=C/C=C\C1=C(C)P(=O)(c2ccccc2)c2cc(-c3nc(-c4ccccc4)cc(-c4ccccc4)n3)ccc2C12c1ccccc1-n1c3ccccc3c3cccc2c31. The lowest BCUT2D eigenvalue weighted by Crippen LogP contribution is -2.43. The van der Waals surface area contributed by atoms with Crippen LogP contribution in [0.15, 0.2) is 218 Å². The molecule has 0 fully saturated rings. The highest BCUT2D eigenvalue weighted by molar-refractivity contribution is 7.82. The van der Waals surface area contributed by atoms with Gasteiger partial charge in [-0.15, -0.1) is 0 Å². The Labute approximate surface area is 343 Å². The minimum Gasteiger partial charge on any atom is -0.309 e. The molecular weight excluding hydrogens is 738 g/mol. The van der Waals surface area contributed by atoms with E-state index in [0.29, 0.717) is 5.82 Å². The molecule has 2 unspecified atom stereocenters. The van der Waals surface area contributed by atoms with Crippen molar-refractivity contribution in [1.82, 2.24) is 14.5 Å². The Bertz CT molecular complexity index is 3210. The van der Waals surface area contributed by atoms with Crippen molar-refractivity contribution in [3.05, 3.63) is 234 Å². The molecular formula is C54H38N3OP. The van der Waals surface area contributed by atoms with E-state index >= 15 is 4.57 Å². The summed E-state index contributed by atoms with van der Waals surface area (Å²) in [5.74, 6) is 0.576. The topological polar surface area (TPSA) is 47.8 Å². The normalized spacial score (nSPS) is 18.1. The number of allylic oxidation sites excluding steroid dienone is 5. The maximum absolute atomic E-state index is 16.7. The van der Waals surface area contributed by atoms with Crippen molar-refractivity contribution in [2.45, 2.75) is 12.3 Å². The molecule has 0 amide bonds. The third kappa shape index (κ3) is 5.00.